The van der Waals surface area contributed by atoms with Gasteiger partial charge in [0.2, 0.25) is 0 Å². The minimum Gasteiger partial charge on any atom is -0.491 e. The van der Waals surface area contributed by atoms with Crippen LogP contribution in [0.4, 0.5) is 5.82 Å². The van der Waals surface area contributed by atoms with Gasteiger partial charge in [0.25, 0.3) is 0 Å². The first-order chi connectivity index (χ1) is 14.5. The lowest BCUT2D eigenvalue weighted by Crippen LogP contribution is -2.27. The third-order valence-corrected chi connectivity index (χ3v) is 5.77. The number of nitrogens with one attached hydrogen (secondary N) is 1. The standard InChI is InChI=1S/C23H30N4O3/c1-15-6-4-5-7-21(15)30-14-19(28)13-24-23-16(2)17(3)25-22-12-20(26-27(22)23)18-8-10-29-11-9-18/h4-7,12,18-19,24,28H,8-11,13-14H2,1-3H3. The van der Waals surface area contributed by atoms with Crippen molar-refractivity contribution in [1.82, 2.24) is 14.6 Å². The molecule has 3 heterocycles. The lowest BCUT2D eigenvalue weighted by Gasteiger charge is -2.20. The summed E-state index contributed by atoms with van der Waals surface area (Å²) in [4.78, 5) is 4.71. The largest absolute Gasteiger partial charge is 0.491 e. The first kappa shape index (κ1) is 20.6. The number of nitrogens with zero attached hydrogens (tertiary/aromatic N) is 3. The van der Waals surface area contributed by atoms with E-state index in [1.165, 1.54) is 0 Å². The molecule has 160 valence electrons. The third-order valence-electron chi connectivity index (χ3n) is 5.77. The Bertz CT molecular complexity index is 1010. The van der Waals surface area contributed by atoms with Gasteiger partial charge in [0.15, 0.2) is 5.65 Å². The zero-order chi connectivity index (χ0) is 21.1. The molecule has 2 N–H and O–H groups in total. The zero-order valence-electron chi connectivity index (χ0n) is 17.9. The molecule has 1 aliphatic rings. The van der Waals surface area contributed by atoms with Crippen molar-refractivity contribution in [3.8, 4) is 5.75 Å². The second kappa shape index (κ2) is 9.02. The van der Waals surface area contributed by atoms with E-state index in [0.717, 1.165) is 65.8 Å². The quantitative estimate of drug-likeness (QED) is 0.621. The highest BCUT2D eigenvalue weighted by Gasteiger charge is 2.21. The second-order valence-corrected chi connectivity index (χ2v) is 8.01. The van der Waals surface area contributed by atoms with Crippen LogP contribution in [0.5, 0.6) is 5.75 Å². The van der Waals surface area contributed by atoms with Crippen LogP contribution in [-0.4, -0.2) is 52.2 Å². The Kier molecular flexibility index (Phi) is 6.20. The van der Waals surface area contributed by atoms with Crippen molar-refractivity contribution >= 4 is 11.5 Å². The molecule has 4 rings (SSSR count). The van der Waals surface area contributed by atoms with Crippen LogP contribution in [0.1, 0.15) is 41.3 Å². The lowest BCUT2D eigenvalue weighted by molar-refractivity contribution is 0.0844. The summed E-state index contributed by atoms with van der Waals surface area (Å²) in [5, 5.41) is 18.7. The van der Waals surface area contributed by atoms with Crippen LogP contribution in [-0.2, 0) is 4.74 Å². The Morgan fingerprint density at radius 1 is 1.23 bits per heavy atom. The first-order valence-corrected chi connectivity index (χ1v) is 10.6. The maximum atomic E-state index is 10.5. The van der Waals surface area contributed by atoms with Crippen molar-refractivity contribution < 1.29 is 14.6 Å². The third kappa shape index (κ3) is 4.42. The fourth-order valence-electron chi connectivity index (χ4n) is 3.80. The van der Waals surface area contributed by atoms with Crippen LogP contribution < -0.4 is 10.1 Å². The molecule has 7 heteroatoms. The summed E-state index contributed by atoms with van der Waals surface area (Å²) in [7, 11) is 0. The van der Waals surface area contributed by atoms with Crippen molar-refractivity contribution in [2.24, 2.45) is 0 Å². The van der Waals surface area contributed by atoms with Gasteiger partial charge in [0.05, 0.1) is 5.69 Å². The second-order valence-electron chi connectivity index (χ2n) is 8.01. The smallest absolute Gasteiger partial charge is 0.157 e. The lowest BCUT2D eigenvalue weighted by atomic mass is 9.97. The van der Waals surface area contributed by atoms with Crippen LogP contribution in [0.15, 0.2) is 30.3 Å². The number of benzene rings is 1. The summed E-state index contributed by atoms with van der Waals surface area (Å²) < 4.78 is 13.1. The van der Waals surface area contributed by atoms with E-state index in [1.54, 1.807) is 0 Å². The van der Waals surface area contributed by atoms with Gasteiger partial charge in [-0.3, -0.25) is 0 Å². The maximum absolute atomic E-state index is 10.5. The minimum absolute atomic E-state index is 0.219. The van der Waals surface area contributed by atoms with Crippen LogP contribution in [0.2, 0.25) is 0 Å². The molecule has 1 aromatic carbocycles. The van der Waals surface area contributed by atoms with Crippen molar-refractivity contribution in [2.45, 2.75) is 45.6 Å². The molecule has 0 saturated carbocycles. The van der Waals surface area contributed by atoms with Gasteiger partial charge >= 0.3 is 0 Å². The summed E-state index contributed by atoms with van der Waals surface area (Å²) in [5.41, 5.74) is 4.91. The molecule has 1 atom stereocenters. The Morgan fingerprint density at radius 2 is 2.00 bits per heavy atom. The number of para-hydroxylation sites is 1. The number of anilines is 1. The number of aryl methyl sites for hydroxylation is 2. The Labute approximate surface area is 177 Å². The van der Waals surface area contributed by atoms with E-state index < -0.39 is 6.10 Å². The average Bonchev–Trinajstić information content (AvgIpc) is 3.17. The molecule has 0 bridgehead atoms. The Hall–Kier alpha value is -2.64. The number of ether oxygens (including phenoxy) is 2. The van der Waals surface area contributed by atoms with E-state index in [-0.39, 0.29) is 6.61 Å². The number of fused-ring (bicyclic) bond motifs is 1. The zero-order valence-corrected chi connectivity index (χ0v) is 17.9. The van der Waals surface area contributed by atoms with E-state index in [9.17, 15) is 5.11 Å². The molecule has 7 nitrogen and oxygen atoms in total. The van der Waals surface area contributed by atoms with E-state index in [1.807, 2.05) is 49.6 Å². The average molecular weight is 411 g/mol. The molecular formula is C23H30N4O3. The maximum Gasteiger partial charge on any atom is 0.157 e. The SMILES string of the molecule is Cc1ccccc1OCC(O)CNc1c(C)c(C)nc2cc(C3CCOCC3)nn12. The van der Waals surface area contributed by atoms with E-state index in [2.05, 4.69) is 11.4 Å². The molecule has 3 aromatic rings. The van der Waals surface area contributed by atoms with Gasteiger partial charge in [0.1, 0.15) is 24.3 Å². The normalized spacial score (nSPS) is 16.0. The highest BCUT2D eigenvalue weighted by atomic mass is 16.5. The van der Waals surface area contributed by atoms with Crippen LogP contribution in [0.25, 0.3) is 5.65 Å². The number of aliphatic hydroxyl groups excluding tert-OH is 1. The highest BCUT2D eigenvalue weighted by Crippen LogP contribution is 2.28. The van der Waals surface area contributed by atoms with Gasteiger partial charge in [-0.25, -0.2) is 4.98 Å². The molecule has 0 amide bonds. The monoisotopic (exact) mass is 410 g/mol. The molecule has 0 aliphatic carbocycles. The van der Waals surface area contributed by atoms with Gasteiger partial charge < -0.3 is 19.9 Å². The van der Waals surface area contributed by atoms with Crippen molar-refractivity contribution in [3.05, 3.63) is 52.8 Å². The van der Waals surface area contributed by atoms with Crippen LogP contribution in [0.3, 0.4) is 0 Å². The summed E-state index contributed by atoms with van der Waals surface area (Å²) in [6.45, 7) is 8.15. The predicted octanol–water partition coefficient (Wildman–Crippen LogP) is 3.40. The molecule has 0 radical (unpaired) electrons. The van der Waals surface area contributed by atoms with Gasteiger partial charge in [-0.1, -0.05) is 18.2 Å². The number of aromatic nitrogens is 3. The van der Waals surface area contributed by atoms with Gasteiger partial charge in [-0.2, -0.15) is 9.61 Å². The van der Waals surface area contributed by atoms with Crippen molar-refractivity contribution in [2.75, 3.05) is 31.7 Å². The molecule has 1 unspecified atom stereocenters. The number of hydrogen-bond donors (Lipinski definition) is 2. The van der Waals surface area contributed by atoms with Crippen LogP contribution in [0, 0.1) is 20.8 Å². The van der Waals surface area contributed by atoms with Crippen molar-refractivity contribution in [1.29, 1.82) is 0 Å². The predicted molar refractivity (Wildman–Crippen MR) is 116 cm³/mol. The number of aliphatic hydroxyl groups is 1. The van der Waals surface area contributed by atoms with Gasteiger partial charge in [-0.15, -0.1) is 0 Å². The molecular weight excluding hydrogens is 380 g/mol. The fraction of sp³-hybridized carbons (Fsp3) is 0.478. The number of hydrogen-bond acceptors (Lipinski definition) is 6. The molecule has 30 heavy (non-hydrogen) atoms. The molecule has 1 aliphatic heterocycles. The van der Waals surface area contributed by atoms with E-state index >= 15 is 0 Å². The van der Waals surface area contributed by atoms with Crippen molar-refractivity contribution in [3.63, 3.8) is 0 Å². The van der Waals surface area contributed by atoms with Crippen LogP contribution >= 0.6 is 0 Å². The fourth-order valence-corrected chi connectivity index (χ4v) is 3.80. The summed E-state index contributed by atoms with van der Waals surface area (Å²) in [5.74, 6) is 2.07. The molecule has 1 saturated heterocycles. The molecule has 0 spiro atoms. The van der Waals surface area contributed by atoms with Gasteiger partial charge in [0, 0.05) is 43.0 Å². The van der Waals surface area contributed by atoms with E-state index in [0.29, 0.717) is 12.5 Å². The van der Waals surface area contributed by atoms with E-state index in [4.69, 9.17) is 19.6 Å². The minimum atomic E-state index is -0.655. The van der Waals surface area contributed by atoms with Gasteiger partial charge in [-0.05, 0) is 45.2 Å². The molecule has 2 aromatic heterocycles. The summed E-state index contributed by atoms with van der Waals surface area (Å²) in [6.07, 6.45) is 1.32. The Balaban J connectivity index is 1.47. The highest BCUT2D eigenvalue weighted by molar-refractivity contribution is 5.56. The topological polar surface area (TPSA) is 80.9 Å². The summed E-state index contributed by atoms with van der Waals surface area (Å²) in [6, 6.07) is 9.88. The number of rotatable bonds is 7. The summed E-state index contributed by atoms with van der Waals surface area (Å²) >= 11 is 0. The first-order valence-electron chi connectivity index (χ1n) is 10.6. The molecule has 1 fully saturated rings. The Morgan fingerprint density at radius 3 is 2.77 bits per heavy atom.